The van der Waals surface area contributed by atoms with Crippen LogP contribution in [0.5, 0.6) is 5.75 Å². The van der Waals surface area contributed by atoms with E-state index in [1.807, 2.05) is 36.4 Å². The maximum absolute atomic E-state index is 12.8. The minimum atomic E-state index is -1.17. The van der Waals surface area contributed by atoms with Gasteiger partial charge in [0.15, 0.2) is 0 Å². The summed E-state index contributed by atoms with van der Waals surface area (Å²) in [6.07, 6.45) is 1.45. The Morgan fingerprint density at radius 3 is 2.59 bits per heavy atom. The van der Waals surface area contributed by atoms with E-state index < -0.39 is 22.5 Å². The molecule has 7 nitrogen and oxygen atoms in total. The zero-order valence-electron chi connectivity index (χ0n) is 21.8. The van der Waals surface area contributed by atoms with Gasteiger partial charge in [-0.15, -0.1) is 0 Å². The molecule has 194 valence electrons. The first-order valence-corrected chi connectivity index (χ1v) is 12.7. The number of esters is 1. The van der Waals surface area contributed by atoms with Gasteiger partial charge in [0.2, 0.25) is 0 Å². The number of piperidine rings is 1. The molecular weight excluding hydrogens is 468 g/mol. The van der Waals surface area contributed by atoms with Crippen molar-refractivity contribution in [3.8, 4) is 5.75 Å². The second-order valence-electron chi connectivity index (χ2n) is 10.4. The van der Waals surface area contributed by atoms with E-state index in [0.29, 0.717) is 19.3 Å². The van der Waals surface area contributed by atoms with Crippen LogP contribution in [0.25, 0.3) is 0 Å². The van der Waals surface area contributed by atoms with Crippen LogP contribution in [0, 0.1) is 6.92 Å². The summed E-state index contributed by atoms with van der Waals surface area (Å²) in [4.78, 5) is 30.4. The third-order valence-electron chi connectivity index (χ3n) is 8.64. The van der Waals surface area contributed by atoms with E-state index in [0.717, 1.165) is 41.2 Å². The van der Waals surface area contributed by atoms with Gasteiger partial charge in [-0.1, -0.05) is 36.4 Å². The van der Waals surface area contributed by atoms with Crippen molar-refractivity contribution >= 4 is 5.97 Å². The highest BCUT2D eigenvalue weighted by atomic mass is 16.5. The lowest BCUT2D eigenvalue weighted by Gasteiger charge is -2.60. The van der Waals surface area contributed by atoms with Crippen molar-refractivity contribution in [3.63, 3.8) is 0 Å². The van der Waals surface area contributed by atoms with Gasteiger partial charge in [-0.05, 0) is 67.3 Å². The molecule has 1 aromatic heterocycles. The standard InChI is InChI=1S/C30H34N2O5/c1-19-10-11-23(36-3)15-25(19)29-12-13-32(18-21-8-6-5-7-9-21)20(2)30(29,35)16-22-14-24(28(34)37-4)27(33)31-26(22)17-29/h5-11,14-15,20,35H,12-13,16-18H2,1-4H3,(H,31,33)/t20-,29?,30-/m1/s1. The van der Waals surface area contributed by atoms with Crippen molar-refractivity contribution in [2.75, 3.05) is 20.8 Å². The zero-order chi connectivity index (χ0) is 26.4. The monoisotopic (exact) mass is 502 g/mol. The molecule has 1 fully saturated rings. The highest BCUT2D eigenvalue weighted by Crippen LogP contribution is 2.53. The molecule has 2 aliphatic rings. The summed E-state index contributed by atoms with van der Waals surface area (Å²) in [5, 5.41) is 12.8. The summed E-state index contributed by atoms with van der Waals surface area (Å²) >= 11 is 0. The molecule has 0 bridgehead atoms. The van der Waals surface area contributed by atoms with Gasteiger partial charge >= 0.3 is 5.97 Å². The maximum Gasteiger partial charge on any atom is 0.343 e. The third-order valence-corrected chi connectivity index (χ3v) is 8.64. The van der Waals surface area contributed by atoms with Crippen molar-refractivity contribution in [2.24, 2.45) is 0 Å². The molecule has 2 heterocycles. The molecule has 3 aromatic rings. The Labute approximate surface area is 217 Å². The number of carbonyl (C=O) groups is 1. The molecule has 0 radical (unpaired) electrons. The molecule has 0 saturated carbocycles. The Morgan fingerprint density at radius 2 is 1.89 bits per heavy atom. The smallest absolute Gasteiger partial charge is 0.343 e. The topological polar surface area (TPSA) is 91.9 Å². The van der Waals surface area contributed by atoms with E-state index in [-0.39, 0.29) is 11.6 Å². The number of benzene rings is 2. The fourth-order valence-electron chi connectivity index (χ4n) is 6.53. The molecule has 0 amide bonds. The predicted molar refractivity (Wildman–Crippen MR) is 141 cm³/mol. The van der Waals surface area contributed by atoms with Crippen molar-refractivity contribution < 1.29 is 19.4 Å². The van der Waals surface area contributed by atoms with Crippen LogP contribution < -0.4 is 10.3 Å². The van der Waals surface area contributed by atoms with E-state index in [2.05, 4.69) is 35.9 Å². The number of aliphatic hydroxyl groups is 1. The number of methoxy groups -OCH3 is 2. The van der Waals surface area contributed by atoms with Crippen molar-refractivity contribution in [1.29, 1.82) is 0 Å². The van der Waals surface area contributed by atoms with E-state index in [4.69, 9.17) is 9.47 Å². The number of ether oxygens (including phenoxy) is 2. The van der Waals surface area contributed by atoms with E-state index in [1.54, 1.807) is 13.2 Å². The average Bonchev–Trinajstić information content (AvgIpc) is 2.90. The summed E-state index contributed by atoms with van der Waals surface area (Å²) in [6.45, 7) is 5.66. The fourth-order valence-corrected chi connectivity index (χ4v) is 6.53. The first-order valence-electron chi connectivity index (χ1n) is 12.7. The highest BCUT2D eigenvalue weighted by molar-refractivity contribution is 5.89. The third kappa shape index (κ3) is 4.06. The number of rotatable bonds is 5. The van der Waals surface area contributed by atoms with Crippen LogP contribution in [-0.2, 0) is 29.5 Å². The Bertz CT molecular complexity index is 1380. The molecular formula is C30H34N2O5. The summed E-state index contributed by atoms with van der Waals surface area (Å²) in [7, 11) is 2.90. The van der Waals surface area contributed by atoms with Gasteiger partial charge < -0.3 is 19.6 Å². The van der Waals surface area contributed by atoms with Crippen LogP contribution in [0.15, 0.2) is 59.4 Å². The summed E-state index contributed by atoms with van der Waals surface area (Å²) < 4.78 is 10.4. The molecule has 2 N–H and O–H groups in total. The van der Waals surface area contributed by atoms with Gasteiger partial charge in [-0.2, -0.15) is 0 Å². The number of hydrogen-bond acceptors (Lipinski definition) is 6. The van der Waals surface area contributed by atoms with Crippen molar-refractivity contribution in [1.82, 2.24) is 9.88 Å². The first kappa shape index (κ1) is 25.2. The molecule has 1 aliphatic carbocycles. The van der Waals surface area contributed by atoms with Crippen molar-refractivity contribution in [3.05, 3.63) is 98.5 Å². The minimum absolute atomic E-state index is 0.0421. The number of H-pyrrole nitrogens is 1. The van der Waals surface area contributed by atoms with Crippen LogP contribution >= 0.6 is 0 Å². The van der Waals surface area contributed by atoms with Gasteiger partial charge in [-0.3, -0.25) is 9.69 Å². The minimum Gasteiger partial charge on any atom is -0.497 e. The summed E-state index contributed by atoms with van der Waals surface area (Å²) in [5.41, 5.74) is 2.49. The maximum atomic E-state index is 12.8. The van der Waals surface area contributed by atoms with Gasteiger partial charge in [0.1, 0.15) is 11.3 Å². The number of aromatic nitrogens is 1. The Morgan fingerprint density at radius 1 is 1.14 bits per heavy atom. The number of aryl methyl sites for hydroxylation is 1. The zero-order valence-corrected chi connectivity index (χ0v) is 21.8. The van der Waals surface area contributed by atoms with Crippen molar-refractivity contribution in [2.45, 2.75) is 56.7 Å². The quantitative estimate of drug-likeness (QED) is 0.519. The van der Waals surface area contributed by atoms with Crippen LogP contribution in [0.4, 0.5) is 0 Å². The largest absolute Gasteiger partial charge is 0.497 e. The number of hydrogen-bond donors (Lipinski definition) is 2. The second-order valence-corrected chi connectivity index (χ2v) is 10.4. The summed E-state index contributed by atoms with van der Waals surface area (Å²) in [6, 6.07) is 17.7. The Balaban J connectivity index is 1.66. The van der Waals surface area contributed by atoms with Gasteiger partial charge in [0, 0.05) is 36.5 Å². The number of nitrogens with one attached hydrogen (secondary N) is 1. The predicted octanol–water partition coefficient (Wildman–Crippen LogP) is 3.54. The molecule has 37 heavy (non-hydrogen) atoms. The molecule has 1 saturated heterocycles. The van der Waals surface area contributed by atoms with Crippen LogP contribution in [0.3, 0.4) is 0 Å². The second kappa shape index (κ2) is 9.47. The van der Waals surface area contributed by atoms with Crippen LogP contribution in [-0.4, -0.2) is 53.4 Å². The summed E-state index contributed by atoms with van der Waals surface area (Å²) in [5.74, 6) is 0.0518. The number of aromatic amines is 1. The number of carbonyl (C=O) groups excluding carboxylic acids is 1. The molecule has 1 unspecified atom stereocenters. The molecule has 5 rings (SSSR count). The van der Waals surface area contributed by atoms with E-state index >= 15 is 0 Å². The first-order chi connectivity index (χ1) is 17.7. The van der Waals surface area contributed by atoms with Gasteiger partial charge in [0.05, 0.1) is 19.8 Å². The lowest BCUT2D eigenvalue weighted by molar-refractivity contribution is -0.141. The fraction of sp³-hybridized carbons (Fsp3) is 0.400. The Hall–Kier alpha value is -3.42. The lowest BCUT2D eigenvalue weighted by Crippen LogP contribution is -2.70. The van der Waals surface area contributed by atoms with Gasteiger partial charge in [0.25, 0.3) is 5.56 Å². The number of nitrogens with zero attached hydrogens (tertiary/aromatic N) is 1. The number of fused-ring (bicyclic) bond motifs is 2. The van der Waals surface area contributed by atoms with E-state index in [1.165, 1.54) is 12.7 Å². The van der Waals surface area contributed by atoms with Crippen LogP contribution in [0.1, 0.15) is 51.7 Å². The molecule has 2 aromatic carbocycles. The van der Waals surface area contributed by atoms with E-state index in [9.17, 15) is 14.7 Å². The lowest BCUT2D eigenvalue weighted by atomic mass is 9.53. The molecule has 7 heteroatoms. The van der Waals surface area contributed by atoms with Crippen LogP contribution in [0.2, 0.25) is 0 Å². The highest BCUT2D eigenvalue weighted by Gasteiger charge is 2.61. The SMILES string of the molecule is COC(=O)c1cc2c([nH]c1=O)CC1(c3cc(OC)ccc3C)CCN(Cc3ccccc3)[C@H](C)[C@]1(O)C2. The number of likely N-dealkylation sites (tertiary alicyclic amines) is 1. The molecule has 0 spiro atoms. The normalized spacial score (nSPS) is 25.2. The number of pyridine rings is 1. The average molecular weight is 503 g/mol. The molecule has 1 aliphatic heterocycles. The Kier molecular flexibility index (Phi) is 6.46. The molecule has 3 atom stereocenters. The van der Waals surface area contributed by atoms with Gasteiger partial charge in [-0.25, -0.2) is 4.79 Å².